The largest absolute Gasteiger partial charge is 0.439 e. The number of nitrogens with one attached hydrogen (secondary N) is 2. The van der Waals surface area contributed by atoms with Gasteiger partial charge in [0, 0.05) is 6.92 Å². The van der Waals surface area contributed by atoms with Crippen molar-refractivity contribution in [3.8, 4) is 0 Å². The van der Waals surface area contributed by atoms with Crippen molar-refractivity contribution in [3.63, 3.8) is 0 Å². The molecule has 34 heavy (non-hydrogen) atoms. The van der Waals surface area contributed by atoms with Crippen molar-refractivity contribution < 1.29 is 27.5 Å². The van der Waals surface area contributed by atoms with E-state index in [2.05, 4.69) is 10.6 Å². The zero-order chi connectivity index (χ0) is 25.3. The minimum Gasteiger partial charge on any atom is -0.439 e. The molecule has 10 heteroatoms. The van der Waals surface area contributed by atoms with Crippen LogP contribution in [0.25, 0.3) is 0 Å². The van der Waals surface area contributed by atoms with E-state index in [-0.39, 0.29) is 21.6 Å². The third kappa shape index (κ3) is 5.45. The molecule has 9 nitrogen and oxygen atoms in total. The third-order valence-electron chi connectivity index (χ3n) is 5.47. The summed E-state index contributed by atoms with van der Waals surface area (Å²) in [4.78, 5) is 35.5. The van der Waals surface area contributed by atoms with Crippen molar-refractivity contribution in [3.05, 3.63) is 59.7 Å². The van der Waals surface area contributed by atoms with Gasteiger partial charge in [0.15, 0.2) is 6.04 Å². The first-order valence-corrected chi connectivity index (χ1v) is 12.3. The molecule has 2 aromatic rings. The van der Waals surface area contributed by atoms with Gasteiger partial charge in [-0.3, -0.25) is 14.4 Å². The molecule has 3 rings (SSSR count). The van der Waals surface area contributed by atoms with Gasteiger partial charge in [-0.05, 0) is 41.2 Å². The van der Waals surface area contributed by atoms with Gasteiger partial charge in [-0.1, -0.05) is 51.1 Å². The average molecular weight is 488 g/mol. The molecule has 0 spiro atoms. The zero-order valence-electron chi connectivity index (χ0n) is 19.5. The van der Waals surface area contributed by atoms with Crippen molar-refractivity contribution in [1.82, 2.24) is 10.6 Å². The Labute approximate surface area is 199 Å². The van der Waals surface area contributed by atoms with Gasteiger partial charge in [-0.2, -0.15) is 0 Å². The van der Waals surface area contributed by atoms with E-state index in [4.69, 9.17) is 10.5 Å². The molecular weight excluding hydrogens is 458 g/mol. The minimum atomic E-state index is -3.74. The fourth-order valence-corrected chi connectivity index (χ4v) is 5.30. The smallest absolute Gasteiger partial charge is 0.304 e. The Hall–Kier alpha value is -3.24. The van der Waals surface area contributed by atoms with Crippen LogP contribution in [-0.2, 0) is 40.8 Å². The van der Waals surface area contributed by atoms with Crippen LogP contribution in [0.15, 0.2) is 58.3 Å². The monoisotopic (exact) mass is 487 g/mol. The van der Waals surface area contributed by atoms with Crippen molar-refractivity contribution >= 4 is 27.6 Å². The highest BCUT2D eigenvalue weighted by atomic mass is 32.2. The van der Waals surface area contributed by atoms with E-state index in [1.165, 1.54) is 19.1 Å². The van der Waals surface area contributed by atoms with Crippen LogP contribution in [0.3, 0.4) is 0 Å². The lowest BCUT2D eigenvalue weighted by Gasteiger charge is -2.36. The molecule has 1 aliphatic rings. The molecular formula is C24H29N3O6S. The van der Waals surface area contributed by atoms with Gasteiger partial charge in [0.05, 0.1) is 15.8 Å². The maximum atomic E-state index is 13.3. The maximum Gasteiger partial charge on any atom is 0.304 e. The lowest BCUT2D eigenvalue weighted by atomic mass is 9.87. The van der Waals surface area contributed by atoms with Gasteiger partial charge >= 0.3 is 5.97 Å². The molecule has 3 atom stereocenters. The summed E-state index contributed by atoms with van der Waals surface area (Å²) in [6, 6.07) is 11.1. The quantitative estimate of drug-likeness (QED) is 0.393. The van der Waals surface area contributed by atoms with Crippen LogP contribution in [0, 0.1) is 0 Å². The summed E-state index contributed by atoms with van der Waals surface area (Å²) in [5.41, 5.74) is 7.01. The molecule has 2 aromatic carbocycles. The molecule has 0 aromatic heterocycles. The van der Waals surface area contributed by atoms with Crippen molar-refractivity contribution in [2.45, 2.75) is 67.6 Å². The number of nitrogens with two attached hydrogens (primary N) is 1. The molecule has 1 fully saturated rings. The number of carbonyl (C=O) groups is 3. The molecule has 0 saturated carbocycles. The molecule has 0 unspecified atom stereocenters. The Kier molecular flexibility index (Phi) is 7.13. The Balaban J connectivity index is 1.70. The van der Waals surface area contributed by atoms with Gasteiger partial charge in [0.1, 0.15) is 0 Å². The number of sulfone groups is 1. The van der Waals surface area contributed by atoms with Crippen LogP contribution < -0.4 is 16.4 Å². The number of ether oxygens (including phenoxy) is 1. The van der Waals surface area contributed by atoms with E-state index >= 15 is 0 Å². The summed E-state index contributed by atoms with van der Waals surface area (Å²) in [5.74, 6) is -1.65. The molecule has 1 saturated heterocycles. The number of amides is 2. The van der Waals surface area contributed by atoms with Gasteiger partial charge in [0.25, 0.3) is 5.91 Å². The van der Waals surface area contributed by atoms with E-state index < -0.39 is 45.9 Å². The molecule has 0 bridgehead atoms. The summed E-state index contributed by atoms with van der Waals surface area (Å²) in [6.07, 6.45) is -0.807. The normalized spacial score (nSPS) is 18.9. The zero-order valence-corrected chi connectivity index (χ0v) is 20.3. The Bertz CT molecular complexity index is 1200. The summed E-state index contributed by atoms with van der Waals surface area (Å²) < 4.78 is 31.5. The number of carbonyl (C=O) groups excluding carboxylic acids is 3. The fourth-order valence-electron chi connectivity index (χ4n) is 3.63. The number of benzene rings is 2. The van der Waals surface area contributed by atoms with Crippen LogP contribution in [-0.4, -0.2) is 44.5 Å². The van der Waals surface area contributed by atoms with Crippen LogP contribution in [0.4, 0.5) is 0 Å². The van der Waals surface area contributed by atoms with Crippen LogP contribution in [0.1, 0.15) is 38.8 Å². The van der Waals surface area contributed by atoms with Gasteiger partial charge in [-0.15, -0.1) is 0 Å². The lowest BCUT2D eigenvalue weighted by molar-refractivity contribution is -0.164. The third-order valence-corrected chi connectivity index (χ3v) is 7.30. The Morgan fingerprint density at radius 3 is 2.29 bits per heavy atom. The van der Waals surface area contributed by atoms with Crippen LogP contribution >= 0.6 is 0 Å². The summed E-state index contributed by atoms with van der Waals surface area (Å²) in [7, 11) is -3.74. The molecule has 0 radical (unpaired) electrons. The van der Waals surface area contributed by atoms with E-state index in [1.54, 1.807) is 24.3 Å². The van der Waals surface area contributed by atoms with Gasteiger partial charge in [-0.25, -0.2) is 8.42 Å². The highest BCUT2D eigenvalue weighted by Crippen LogP contribution is 2.32. The first-order chi connectivity index (χ1) is 15.8. The molecule has 2 amide bonds. The van der Waals surface area contributed by atoms with E-state index in [0.717, 1.165) is 5.56 Å². The number of hydrogen-bond donors (Lipinski definition) is 3. The highest BCUT2D eigenvalue weighted by Gasteiger charge is 2.43. The van der Waals surface area contributed by atoms with Crippen molar-refractivity contribution in [2.75, 3.05) is 0 Å². The SMILES string of the molecule is CC(=O)O[C@@H]1NC(=O)[C@H]1NC(=O)[C@@H](N)Cc1ccc(S(=O)(=O)c2ccccc2C(C)(C)C)cc1. The molecule has 182 valence electrons. The summed E-state index contributed by atoms with van der Waals surface area (Å²) in [6.45, 7) is 7.07. The number of β-lactam (4-membered cyclic amide) rings is 1. The number of esters is 1. The Morgan fingerprint density at radius 2 is 1.74 bits per heavy atom. The molecule has 1 aliphatic heterocycles. The first-order valence-electron chi connectivity index (χ1n) is 10.8. The predicted molar refractivity (Wildman–Crippen MR) is 124 cm³/mol. The van der Waals surface area contributed by atoms with Crippen LogP contribution in [0.5, 0.6) is 0 Å². The van der Waals surface area contributed by atoms with E-state index in [1.807, 2.05) is 32.9 Å². The highest BCUT2D eigenvalue weighted by molar-refractivity contribution is 7.91. The van der Waals surface area contributed by atoms with Gasteiger partial charge < -0.3 is 21.1 Å². The van der Waals surface area contributed by atoms with Crippen molar-refractivity contribution in [1.29, 1.82) is 0 Å². The molecule has 0 aliphatic carbocycles. The van der Waals surface area contributed by atoms with Gasteiger partial charge in [0.2, 0.25) is 22.0 Å². The predicted octanol–water partition coefficient (Wildman–Crippen LogP) is 1.19. The molecule has 1 heterocycles. The summed E-state index contributed by atoms with van der Waals surface area (Å²) in [5, 5.41) is 4.84. The van der Waals surface area contributed by atoms with E-state index in [0.29, 0.717) is 5.56 Å². The maximum absolute atomic E-state index is 13.3. The summed E-state index contributed by atoms with van der Waals surface area (Å²) >= 11 is 0. The standard InChI is InChI=1S/C24H29N3O6S/c1-14(28)33-23-20(22(30)27-23)26-21(29)18(25)13-15-9-11-16(12-10-15)34(31,32)19-8-6-5-7-17(19)24(2,3)4/h5-12,18,20,23H,13,25H2,1-4H3,(H,26,29)(H,27,30)/t18-,20+,23-/m0/s1. The number of rotatable bonds is 7. The van der Waals surface area contributed by atoms with E-state index in [9.17, 15) is 22.8 Å². The lowest BCUT2D eigenvalue weighted by Crippen LogP contribution is -2.71. The second-order valence-electron chi connectivity index (χ2n) is 9.23. The molecule has 4 N–H and O–H groups in total. The average Bonchev–Trinajstić information content (AvgIpc) is 2.76. The Morgan fingerprint density at radius 1 is 1.12 bits per heavy atom. The number of hydrogen-bond acceptors (Lipinski definition) is 7. The minimum absolute atomic E-state index is 0.122. The second kappa shape index (κ2) is 9.55. The topological polar surface area (TPSA) is 145 Å². The fraction of sp³-hybridized carbons (Fsp3) is 0.375. The van der Waals surface area contributed by atoms with Crippen LogP contribution in [0.2, 0.25) is 0 Å². The first kappa shape index (κ1) is 25.4. The van der Waals surface area contributed by atoms with Crippen molar-refractivity contribution in [2.24, 2.45) is 5.73 Å². The second-order valence-corrected chi connectivity index (χ2v) is 11.1.